The van der Waals surface area contributed by atoms with Crippen LogP contribution in [0.5, 0.6) is 5.75 Å². The zero-order chi connectivity index (χ0) is 32.6. The number of hydrogen-bond donors (Lipinski definition) is 3. The van der Waals surface area contributed by atoms with Gasteiger partial charge in [0.1, 0.15) is 24.0 Å². The van der Waals surface area contributed by atoms with Crippen molar-refractivity contribution in [1.82, 2.24) is 15.5 Å². The van der Waals surface area contributed by atoms with Crippen LogP contribution in [0, 0.1) is 0 Å². The van der Waals surface area contributed by atoms with Gasteiger partial charge in [0.15, 0.2) is 0 Å². The topological polar surface area (TPSA) is 132 Å². The van der Waals surface area contributed by atoms with Gasteiger partial charge in [-0.1, -0.05) is 91.0 Å². The number of amides is 2. The monoisotopic (exact) mass is 633 g/mol. The van der Waals surface area contributed by atoms with Crippen LogP contribution in [-0.2, 0) is 20.7 Å². The Hall–Kier alpha value is -5.03. The molecule has 0 unspecified atom stereocenters. The van der Waals surface area contributed by atoms with Crippen molar-refractivity contribution < 1.29 is 23.8 Å². The van der Waals surface area contributed by atoms with Crippen LogP contribution >= 0.6 is 0 Å². The molecule has 242 valence electrons. The fraction of sp³-hybridized carbons (Fsp3) is 0.270. The van der Waals surface area contributed by atoms with Crippen molar-refractivity contribution in [3.05, 3.63) is 126 Å². The second-order valence-corrected chi connectivity index (χ2v) is 11.6. The van der Waals surface area contributed by atoms with E-state index in [1.165, 1.54) is 7.11 Å². The van der Waals surface area contributed by atoms with Crippen molar-refractivity contribution >= 4 is 28.6 Å². The molecule has 6 rings (SSSR count). The highest BCUT2D eigenvalue weighted by Gasteiger charge is 2.36. The molecule has 1 aliphatic heterocycles. The van der Waals surface area contributed by atoms with Crippen LogP contribution in [0.3, 0.4) is 0 Å². The maximum atomic E-state index is 14.2. The molecule has 5 aromatic rings. The van der Waals surface area contributed by atoms with Gasteiger partial charge in [0, 0.05) is 24.4 Å². The summed E-state index contributed by atoms with van der Waals surface area (Å²) in [6, 6.07) is 31.4. The van der Waals surface area contributed by atoms with Gasteiger partial charge in [-0.15, -0.1) is 0 Å². The summed E-state index contributed by atoms with van der Waals surface area (Å²) in [5.74, 6) is -0.306. The zero-order valence-electron chi connectivity index (χ0n) is 26.3. The molecule has 0 bridgehead atoms. The molecule has 1 saturated heterocycles. The van der Waals surface area contributed by atoms with Crippen LogP contribution < -0.4 is 20.7 Å². The average Bonchev–Trinajstić information content (AvgIpc) is 3.61. The molecule has 10 heteroatoms. The van der Waals surface area contributed by atoms with E-state index in [0.29, 0.717) is 38.2 Å². The van der Waals surface area contributed by atoms with E-state index in [9.17, 15) is 9.59 Å². The molecule has 4 N–H and O–H groups in total. The normalized spacial score (nSPS) is 16.9. The minimum atomic E-state index is -1.06. The third-order valence-corrected chi connectivity index (χ3v) is 8.50. The summed E-state index contributed by atoms with van der Waals surface area (Å²) in [5.41, 5.74) is 10.6. The Morgan fingerprint density at radius 3 is 2.32 bits per heavy atom. The lowest BCUT2D eigenvalue weighted by Crippen LogP contribution is -2.50. The molecule has 0 radical (unpaired) electrons. The summed E-state index contributed by atoms with van der Waals surface area (Å²) in [7, 11) is 1.26. The van der Waals surface area contributed by atoms with Gasteiger partial charge in [0.2, 0.25) is 0 Å². The predicted molar refractivity (Wildman–Crippen MR) is 180 cm³/mol. The Labute approximate surface area is 273 Å². The Kier molecular flexibility index (Phi) is 10.2. The van der Waals surface area contributed by atoms with Gasteiger partial charge in [-0.25, -0.2) is 9.69 Å². The third kappa shape index (κ3) is 7.36. The molecule has 2 heterocycles. The number of methoxy groups -OCH3 is 1. The number of benzene rings is 4. The smallest absolute Gasteiger partial charge is 0.420 e. The molecule has 10 nitrogen and oxygen atoms in total. The number of carbonyl (C=O) groups excluding carboxylic acids is 2. The van der Waals surface area contributed by atoms with E-state index in [4.69, 9.17) is 19.9 Å². The number of anilines is 1. The van der Waals surface area contributed by atoms with E-state index < -0.39 is 24.0 Å². The molecule has 3 atom stereocenters. The summed E-state index contributed by atoms with van der Waals surface area (Å²) in [6.45, 7) is 1.72. The Bertz CT molecular complexity index is 1740. The van der Waals surface area contributed by atoms with Crippen LogP contribution in [0.4, 0.5) is 10.5 Å². The molecule has 47 heavy (non-hydrogen) atoms. The first-order valence-corrected chi connectivity index (χ1v) is 15.8. The molecule has 2 amide bonds. The Morgan fingerprint density at radius 1 is 0.915 bits per heavy atom. The van der Waals surface area contributed by atoms with Crippen molar-refractivity contribution in [2.45, 2.75) is 37.0 Å². The number of nitrogens with one attached hydrogen (secondary N) is 2. The molecular formula is C37H39N5O5. The van der Waals surface area contributed by atoms with Gasteiger partial charge in [-0.3, -0.25) is 9.89 Å². The number of H-pyrrole nitrogens is 1. The van der Waals surface area contributed by atoms with E-state index in [-0.39, 0.29) is 12.2 Å². The summed E-state index contributed by atoms with van der Waals surface area (Å²) in [6.07, 6.45) is 1.93. The van der Waals surface area contributed by atoms with Gasteiger partial charge in [-0.05, 0) is 41.7 Å². The zero-order valence-corrected chi connectivity index (χ0v) is 26.3. The number of para-hydroxylation sites is 2. The van der Waals surface area contributed by atoms with Crippen molar-refractivity contribution in [2.24, 2.45) is 5.73 Å². The number of aryl methyl sites for hydroxylation is 1. The third-order valence-electron chi connectivity index (χ3n) is 8.50. The highest BCUT2D eigenvalue weighted by molar-refractivity contribution is 6.15. The second-order valence-electron chi connectivity index (χ2n) is 11.6. The van der Waals surface area contributed by atoms with Crippen molar-refractivity contribution in [2.75, 3.05) is 31.7 Å². The van der Waals surface area contributed by atoms with E-state index in [2.05, 4.69) is 15.5 Å². The molecule has 4 aromatic carbocycles. The van der Waals surface area contributed by atoms with E-state index in [1.54, 1.807) is 18.3 Å². The van der Waals surface area contributed by atoms with Crippen LogP contribution in [0.15, 0.2) is 109 Å². The first-order valence-electron chi connectivity index (χ1n) is 15.8. The fourth-order valence-corrected chi connectivity index (χ4v) is 6.16. The largest absolute Gasteiger partial charge is 0.489 e. The van der Waals surface area contributed by atoms with E-state index >= 15 is 0 Å². The highest BCUT2D eigenvalue weighted by atomic mass is 16.5. The molecule has 0 spiro atoms. The van der Waals surface area contributed by atoms with Crippen LogP contribution in [0.1, 0.15) is 29.0 Å². The predicted octanol–water partition coefficient (Wildman–Crippen LogP) is 5.19. The number of fused-ring (bicyclic) bond motifs is 1. The Morgan fingerprint density at radius 2 is 1.60 bits per heavy atom. The number of imide groups is 1. The minimum absolute atomic E-state index is 0.0987. The molecule has 0 aliphatic carbocycles. The van der Waals surface area contributed by atoms with Crippen molar-refractivity contribution in [1.29, 1.82) is 0 Å². The first kappa shape index (κ1) is 31.9. The molecule has 1 fully saturated rings. The van der Waals surface area contributed by atoms with Crippen molar-refractivity contribution in [3.8, 4) is 5.75 Å². The number of ether oxygens (including phenoxy) is 3. The standard InChI is InChI=1S/C37H39N5O5/c1-45-37(44)42(36(43)34(38)33(26-12-4-2-5-13-26)27-14-6-3-7-15-27)31-17-9-8-11-25(31)19-20-29-22-39-23-30(47-29)24-46-32-18-10-16-28-21-40-41-35(28)32/h2-18,21,29-30,33-34,39H,19-20,22-24,38H2,1H3,(H,40,41)/t29-,30+,34+/m1/s1. The molecule has 1 aliphatic rings. The summed E-state index contributed by atoms with van der Waals surface area (Å²) >= 11 is 0. The van der Waals surface area contributed by atoms with Crippen LogP contribution in [-0.4, -0.2) is 67.3 Å². The maximum Gasteiger partial charge on any atom is 0.420 e. The minimum Gasteiger partial charge on any atom is -0.489 e. The van der Waals surface area contributed by atoms with E-state index in [0.717, 1.165) is 38.2 Å². The van der Waals surface area contributed by atoms with Gasteiger partial charge in [0.25, 0.3) is 5.91 Å². The summed E-state index contributed by atoms with van der Waals surface area (Å²) < 4.78 is 17.6. The highest BCUT2D eigenvalue weighted by Crippen LogP contribution is 2.31. The molecule has 1 aromatic heterocycles. The number of hydrogen-bond acceptors (Lipinski definition) is 8. The lowest BCUT2D eigenvalue weighted by Gasteiger charge is -2.32. The number of nitrogens with zero attached hydrogens (tertiary/aromatic N) is 2. The van der Waals surface area contributed by atoms with Gasteiger partial charge in [0.05, 0.1) is 31.1 Å². The summed E-state index contributed by atoms with van der Waals surface area (Å²) in [5, 5.41) is 11.5. The van der Waals surface area contributed by atoms with Gasteiger partial charge in [-0.2, -0.15) is 5.10 Å². The average molecular weight is 634 g/mol. The van der Waals surface area contributed by atoms with Crippen LogP contribution in [0.2, 0.25) is 0 Å². The number of aromatic nitrogens is 2. The molecular weight excluding hydrogens is 594 g/mol. The Balaban J connectivity index is 1.17. The lowest BCUT2D eigenvalue weighted by molar-refractivity contribution is -0.119. The SMILES string of the molecule is COC(=O)N(C(=O)[C@@H](N)C(c1ccccc1)c1ccccc1)c1ccccc1CC[C@@H]1CNC[C@@H](COc2cccc3cn[nH]c23)O1. The van der Waals surface area contributed by atoms with E-state index in [1.807, 2.05) is 91.0 Å². The molecule has 0 saturated carbocycles. The lowest BCUT2D eigenvalue weighted by atomic mass is 9.84. The fourth-order valence-electron chi connectivity index (χ4n) is 6.16. The van der Waals surface area contributed by atoms with Gasteiger partial charge >= 0.3 is 6.09 Å². The number of carbonyl (C=O) groups is 2. The number of morpholine rings is 1. The first-order chi connectivity index (χ1) is 23.0. The van der Waals surface area contributed by atoms with Crippen molar-refractivity contribution in [3.63, 3.8) is 0 Å². The quantitative estimate of drug-likeness (QED) is 0.181. The number of nitrogens with two attached hydrogens (primary N) is 1. The van der Waals surface area contributed by atoms with Gasteiger partial charge < -0.3 is 25.3 Å². The summed E-state index contributed by atoms with van der Waals surface area (Å²) in [4.78, 5) is 28.6. The number of rotatable bonds is 11. The second kappa shape index (κ2) is 15.0. The maximum absolute atomic E-state index is 14.2. The number of aromatic amines is 1. The van der Waals surface area contributed by atoms with Crippen LogP contribution in [0.25, 0.3) is 10.9 Å².